The number of halogens is 2. The number of nitrogens with zero attached hydrogens (tertiary/aromatic N) is 2. The van der Waals surface area contributed by atoms with E-state index in [0.29, 0.717) is 34.8 Å². The summed E-state index contributed by atoms with van der Waals surface area (Å²) in [5.41, 5.74) is 1.83. The third-order valence-corrected chi connectivity index (χ3v) is 5.56. The van der Waals surface area contributed by atoms with Gasteiger partial charge in [0.15, 0.2) is 11.5 Å². The van der Waals surface area contributed by atoms with Gasteiger partial charge in [-0.25, -0.2) is 12.8 Å². The van der Waals surface area contributed by atoms with E-state index in [0.717, 1.165) is 10.7 Å². The number of sulfonamides is 1. The highest BCUT2D eigenvalue weighted by Gasteiger charge is 2.35. The second kappa shape index (κ2) is 7.36. The van der Waals surface area contributed by atoms with Gasteiger partial charge in [0.25, 0.3) is 0 Å². The van der Waals surface area contributed by atoms with Crippen molar-refractivity contribution in [3.63, 3.8) is 0 Å². The summed E-state index contributed by atoms with van der Waals surface area (Å²) in [6, 6.07) is 8.78. The molecule has 3 rings (SSSR count). The molecule has 0 saturated carbocycles. The van der Waals surface area contributed by atoms with Crippen molar-refractivity contribution >= 4 is 27.3 Å². The minimum absolute atomic E-state index is 0.0690. The van der Waals surface area contributed by atoms with E-state index in [1.165, 1.54) is 32.4 Å². The number of rotatable bonds is 5. The molecule has 1 heterocycles. The number of hydrogen-bond donors (Lipinski definition) is 0. The summed E-state index contributed by atoms with van der Waals surface area (Å²) in [6.07, 6.45) is 1.39. The lowest BCUT2D eigenvalue weighted by atomic mass is 9.99. The molecule has 144 valence electrons. The van der Waals surface area contributed by atoms with Crippen LogP contribution in [0.15, 0.2) is 41.5 Å². The largest absolute Gasteiger partial charge is 0.493 e. The van der Waals surface area contributed by atoms with Gasteiger partial charge >= 0.3 is 0 Å². The normalized spacial score (nSPS) is 17.0. The lowest BCUT2D eigenvalue weighted by molar-refractivity contribution is 0.355. The Kier molecular flexibility index (Phi) is 5.30. The number of benzene rings is 2. The Morgan fingerprint density at radius 1 is 1.15 bits per heavy atom. The maximum atomic E-state index is 13.5. The van der Waals surface area contributed by atoms with Crippen LogP contribution < -0.4 is 9.47 Å². The van der Waals surface area contributed by atoms with Crippen molar-refractivity contribution in [2.24, 2.45) is 5.10 Å². The number of hydrogen-bond acceptors (Lipinski definition) is 5. The molecule has 0 amide bonds. The minimum atomic E-state index is -3.64. The van der Waals surface area contributed by atoms with Crippen LogP contribution in [0.1, 0.15) is 23.6 Å². The van der Waals surface area contributed by atoms with Crippen LogP contribution in [0, 0.1) is 5.82 Å². The Hall–Kier alpha value is -2.32. The van der Waals surface area contributed by atoms with Crippen LogP contribution in [0.5, 0.6) is 11.5 Å². The first-order valence-corrected chi connectivity index (χ1v) is 10.2. The number of methoxy groups -OCH3 is 2. The fraction of sp³-hybridized carbons (Fsp3) is 0.278. The SMILES string of the molecule is COc1ccc(C2=NN(S(C)(=O)=O)[C@H](c3ccc(F)c(Cl)c3)C2)cc1OC. The third kappa shape index (κ3) is 3.86. The monoisotopic (exact) mass is 412 g/mol. The summed E-state index contributed by atoms with van der Waals surface area (Å²) in [5.74, 6) is 0.504. The summed E-state index contributed by atoms with van der Waals surface area (Å²) >= 11 is 5.87. The zero-order valence-corrected chi connectivity index (χ0v) is 16.5. The van der Waals surface area contributed by atoms with Gasteiger partial charge in [0.05, 0.1) is 37.3 Å². The van der Waals surface area contributed by atoms with Crippen molar-refractivity contribution in [1.29, 1.82) is 0 Å². The van der Waals surface area contributed by atoms with Gasteiger partial charge in [0, 0.05) is 12.0 Å². The highest BCUT2D eigenvalue weighted by atomic mass is 35.5. The molecule has 1 aliphatic heterocycles. The molecular formula is C18H18ClFN2O4S. The van der Waals surface area contributed by atoms with Crippen molar-refractivity contribution in [1.82, 2.24) is 4.41 Å². The molecule has 6 nitrogen and oxygen atoms in total. The summed E-state index contributed by atoms with van der Waals surface area (Å²) in [7, 11) is -0.589. The van der Waals surface area contributed by atoms with Crippen molar-refractivity contribution < 1.29 is 22.3 Å². The second-order valence-electron chi connectivity index (χ2n) is 6.05. The highest BCUT2D eigenvalue weighted by molar-refractivity contribution is 7.88. The molecule has 0 bridgehead atoms. The van der Waals surface area contributed by atoms with E-state index in [2.05, 4.69) is 5.10 Å². The molecule has 2 aromatic rings. The summed E-state index contributed by atoms with van der Waals surface area (Å²) < 4.78 is 49.5. The topological polar surface area (TPSA) is 68.2 Å². The van der Waals surface area contributed by atoms with Crippen molar-refractivity contribution in [2.45, 2.75) is 12.5 Å². The fourth-order valence-corrected chi connectivity index (χ4v) is 4.05. The van der Waals surface area contributed by atoms with Crippen LogP contribution in [-0.2, 0) is 10.0 Å². The number of ether oxygens (including phenoxy) is 2. The zero-order valence-electron chi connectivity index (χ0n) is 14.9. The molecule has 0 spiro atoms. The van der Waals surface area contributed by atoms with E-state index in [4.69, 9.17) is 21.1 Å². The van der Waals surface area contributed by atoms with Crippen LogP contribution in [0.3, 0.4) is 0 Å². The van der Waals surface area contributed by atoms with E-state index in [9.17, 15) is 12.8 Å². The van der Waals surface area contributed by atoms with E-state index in [1.807, 2.05) is 0 Å². The maximum Gasteiger partial charge on any atom is 0.247 e. The van der Waals surface area contributed by atoms with E-state index in [-0.39, 0.29) is 5.02 Å². The van der Waals surface area contributed by atoms with Crippen LogP contribution in [0.25, 0.3) is 0 Å². The van der Waals surface area contributed by atoms with Crippen LogP contribution in [-0.4, -0.2) is 39.0 Å². The molecule has 0 fully saturated rings. The Morgan fingerprint density at radius 3 is 2.44 bits per heavy atom. The Balaban J connectivity index is 2.02. The quantitative estimate of drug-likeness (QED) is 0.752. The average Bonchev–Trinajstić information content (AvgIpc) is 3.09. The molecule has 0 aromatic heterocycles. The second-order valence-corrected chi connectivity index (χ2v) is 8.29. The van der Waals surface area contributed by atoms with Crippen molar-refractivity contribution in [2.75, 3.05) is 20.5 Å². The highest BCUT2D eigenvalue weighted by Crippen LogP contribution is 2.37. The van der Waals surface area contributed by atoms with Gasteiger partial charge in [-0.05, 0) is 35.9 Å². The molecule has 0 unspecified atom stereocenters. The van der Waals surface area contributed by atoms with Gasteiger partial charge in [-0.15, -0.1) is 0 Å². The summed E-state index contributed by atoms with van der Waals surface area (Å²) in [4.78, 5) is 0. The van der Waals surface area contributed by atoms with Crippen LogP contribution >= 0.6 is 11.6 Å². The Labute approximate surface area is 162 Å². The molecule has 27 heavy (non-hydrogen) atoms. The molecule has 0 aliphatic carbocycles. The summed E-state index contributed by atoms with van der Waals surface area (Å²) in [6.45, 7) is 0. The first-order chi connectivity index (χ1) is 12.7. The third-order valence-electron chi connectivity index (χ3n) is 4.26. The van der Waals surface area contributed by atoms with Crippen molar-refractivity contribution in [3.8, 4) is 11.5 Å². The standard InChI is InChI=1S/C18H18ClFN2O4S/c1-25-17-7-5-11(9-18(17)26-2)15-10-16(22(21-15)27(3,23)24)12-4-6-14(20)13(19)8-12/h4-9,16H,10H2,1-3H3/t16-/m0/s1. The van der Waals surface area contributed by atoms with E-state index >= 15 is 0 Å². The smallest absolute Gasteiger partial charge is 0.247 e. The lowest BCUT2D eigenvalue weighted by Gasteiger charge is -2.21. The van der Waals surface area contributed by atoms with Gasteiger partial charge in [-0.3, -0.25) is 0 Å². The van der Waals surface area contributed by atoms with Gasteiger partial charge in [0.1, 0.15) is 5.82 Å². The predicted molar refractivity (Wildman–Crippen MR) is 102 cm³/mol. The van der Waals surface area contributed by atoms with Gasteiger partial charge in [0.2, 0.25) is 10.0 Å². The molecule has 0 saturated heterocycles. The van der Waals surface area contributed by atoms with Gasteiger partial charge in [-0.2, -0.15) is 9.52 Å². The molecule has 1 atom stereocenters. The van der Waals surface area contributed by atoms with Gasteiger partial charge in [-0.1, -0.05) is 17.7 Å². The van der Waals surface area contributed by atoms with Gasteiger partial charge < -0.3 is 9.47 Å². The zero-order chi connectivity index (χ0) is 19.8. The molecular weight excluding hydrogens is 395 g/mol. The first-order valence-electron chi connectivity index (χ1n) is 7.99. The molecule has 0 radical (unpaired) electrons. The minimum Gasteiger partial charge on any atom is -0.493 e. The first kappa shape index (κ1) is 19.4. The molecule has 1 aliphatic rings. The molecule has 0 N–H and O–H groups in total. The van der Waals surface area contributed by atoms with E-state index < -0.39 is 21.9 Å². The maximum absolute atomic E-state index is 13.5. The fourth-order valence-electron chi connectivity index (χ4n) is 2.95. The predicted octanol–water partition coefficient (Wildman–Crippen LogP) is 3.61. The number of hydrazone groups is 1. The molecule has 2 aromatic carbocycles. The van der Waals surface area contributed by atoms with Crippen LogP contribution in [0.2, 0.25) is 5.02 Å². The molecule has 9 heteroatoms. The average molecular weight is 413 g/mol. The Morgan fingerprint density at radius 2 is 1.85 bits per heavy atom. The van der Waals surface area contributed by atoms with Crippen LogP contribution in [0.4, 0.5) is 4.39 Å². The van der Waals surface area contributed by atoms with E-state index in [1.54, 1.807) is 18.2 Å². The lowest BCUT2D eigenvalue weighted by Crippen LogP contribution is -2.25. The summed E-state index contributed by atoms with van der Waals surface area (Å²) in [5, 5.41) is 4.23. The van der Waals surface area contributed by atoms with Crippen molar-refractivity contribution in [3.05, 3.63) is 58.4 Å². The Bertz CT molecular complexity index is 1010.